The summed E-state index contributed by atoms with van der Waals surface area (Å²) in [6.45, 7) is 1.36. The Morgan fingerprint density at radius 3 is 2.51 bits per heavy atom. The number of carbonyl (C=O) groups excluding carboxylic acids is 2. The summed E-state index contributed by atoms with van der Waals surface area (Å²) < 4.78 is 76.8. The number of aryl methyl sites for hydroxylation is 1. The van der Waals surface area contributed by atoms with Crippen LogP contribution in [0.15, 0.2) is 30.5 Å². The molecule has 15 heteroatoms. The predicted molar refractivity (Wildman–Crippen MR) is 110 cm³/mol. The molecule has 9 nitrogen and oxygen atoms in total. The maximum Gasteiger partial charge on any atom is 0.586 e. The van der Waals surface area contributed by atoms with E-state index in [0.717, 1.165) is 6.07 Å². The molecule has 0 fully saturated rings. The Morgan fingerprint density at radius 2 is 1.89 bits per heavy atom. The molecule has 184 valence electrons. The van der Waals surface area contributed by atoms with E-state index in [-0.39, 0.29) is 22.1 Å². The summed E-state index contributed by atoms with van der Waals surface area (Å²) in [5, 5.41) is 7.81. The van der Waals surface area contributed by atoms with Crippen LogP contribution in [-0.2, 0) is 6.18 Å². The van der Waals surface area contributed by atoms with Gasteiger partial charge in [-0.25, -0.2) is 9.67 Å². The quantitative estimate of drug-likeness (QED) is 0.503. The number of carbonyl (C=O) groups is 2. The van der Waals surface area contributed by atoms with Gasteiger partial charge in [0.2, 0.25) is 0 Å². The van der Waals surface area contributed by atoms with E-state index in [0.29, 0.717) is 10.7 Å². The lowest BCUT2D eigenvalue weighted by molar-refractivity contribution is -0.286. The third-order valence-corrected chi connectivity index (χ3v) is 5.05. The smallest absolute Gasteiger partial charge is 0.395 e. The summed E-state index contributed by atoms with van der Waals surface area (Å²) in [5.41, 5.74) is -2.81. The number of anilines is 1. The van der Waals surface area contributed by atoms with Crippen LogP contribution in [0.5, 0.6) is 11.5 Å². The summed E-state index contributed by atoms with van der Waals surface area (Å²) in [5.74, 6) is -3.50. The van der Waals surface area contributed by atoms with E-state index in [2.05, 4.69) is 30.2 Å². The summed E-state index contributed by atoms with van der Waals surface area (Å²) in [4.78, 5) is 29.5. The lowest BCUT2D eigenvalue weighted by Gasteiger charge is -2.15. The molecular weight excluding hydrogens is 505 g/mol. The lowest BCUT2D eigenvalue weighted by Crippen LogP contribution is -2.27. The molecule has 0 saturated carbocycles. The van der Waals surface area contributed by atoms with Crippen molar-refractivity contribution in [3.8, 4) is 17.3 Å². The molecule has 0 atom stereocenters. The van der Waals surface area contributed by atoms with Crippen molar-refractivity contribution in [1.82, 2.24) is 20.1 Å². The number of pyridine rings is 1. The van der Waals surface area contributed by atoms with Crippen LogP contribution < -0.4 is 20.1 Å². The summed E-state index contributed by atoms with van der Waals surface area (Å²) in [7, 11) is 1.20. The minimum absolute atomic E-state index is 0.0787. The molecule has 0 radical (unpaired) electrons. The van der Waals surface area contributed by atoms with Gasteiger partial charge < -0.3 is 20.1 Å². The van der Waals surface area contributed by atoms with Gasteiger partial charge in [0, 0.05) is 19.3 Å². The van der Waals surface area contributed by atoms with Crippen molar-refractivity contribution in [2.75, 3.05) is 12.4 Å². The van der Waals surface area contributed by atoms with Crippen LogP contribution in [0.1, 0.15) is 32.1 Å². The topological polar surface area (TPSA) is 107 Å². The lowest BCUT2D eigenvalue weighted by atomic mass is 10.0. The Kier molecular flexibility index (Phi) is 5.79. The second kappa shape index (κ2) is 8.37. The molecule has 0 aliphatic carbocycles. The first-order chi connectivity index (χ1) is 16.3. The molecule has 2 N–H and O–H groups in total. The summed E-state index contributed by atoms with van der Waals surface area (Å²) >= 11 is 6.03. The second-order valence-corrected chi connectivity index (χ2v) is 7.51. The molecular formula is C20H13ClF5N5O4. The van der Waals surface area contributed by atoms with Gasteiger partial charge in [0.15, 0.2) is 23.0 Å². The van der Waals surface area contributed by atoms with Crippen molar-refractivity contribution in [3.05, 3.63) is 58.0 Å². The fourth-order valence-electron chi connectivity index (χ4n) is 3.27. The second-order valence-electron chi connectivity index (χ2n) is 7.10. The number of alkyl halides is 5. The number of hydrogen-bond donors (Lipinski definition) is 2. The van der Waals surface area contributed by atoms with Gasteiger partial charge in [-0.2, -0.15) is 18.3 Å². The first-order valence-electron chi connectivity index (χ1n) is 9.57. The van der Waals surface area contributed by atoms with Crippen molar-refractivity contribution < 1.29 is 41.0 Å². The molecule has 2 amide bonds. The highest BCUT2D eigenvalue weighted by Crippen LogP contribution is 2.47. The van der Waals surface area contributed by atoms with Crippen molar-refractivity contribution in [3.63, 3.8) is 0 Å². The average molecular weight is 518 g/mol. The van der Waals surface area contributed by atoms with E-state index in [1.54, 1.807) is 0 Å². The van der Waals surface area contributed by atoms with Crippen molar-refractivity contribution >= 4 is 29.1 Å². The molecule has 0 unspecified atom stereocenters. The molecule has 2 aromatic heterocycles. The maximum absolute atomic E-state index is 13.7. The van der Waals surface area contributed by atoms with Crippen LogP contribution >= 0.6 is 11.6 Å². The fourth-order valence-corrected chi connectivity index (χ4v) is 3.47. The van der Waals surface area contributed by atoms with Gasteiger partial charge in [-0.15, -0.1) is 8.78 Å². The van der Waals surface area contributed by atoms with Crippen LogP contribution in [-0.4, -0.2) is 39.9 Å². The Hall–Kier alpha value is -3.94. The molecule has 4 rings (SSSR count). The van der Waals surface area contributed by atoms with E-state index >= 15 is 0 Å². The monoisotopic (exact) mass is 517 g/mol. The van der Waals surface area contributed by atoms with Gasteiger partial charge in [0.25, 0.3) is 11.8 Å². The highest BCUT2D eigenvalue weighted by molar-refractivity contribution is 6.32. The number of nitrogens with zero attached hydrogens (tertiary/aromatic N) is 3. The van der Waals surface area contributed by atoms with Crippen LogP contribution in [0.25, 0.3) is 5.82 Å². The summed E-state index contributed by atoms with van der Waals surface area (Å²) in [6.07, 6.45) is -7.77. The van der Waals surface area contributed by atoms with Gasteiger partial charge in [0.05, 0.1) is 10.7 Å². The van der Waals surface area contributed by atoms with Crippen molar-refractivity contribution in [2.24, 2.45) is 0 Å². The Balaban J connectivity index is 1.84. The van der Waals surface area contributed by atoms with Crippen LogP contribution in [0.3, 0.4) is 0 Å². The largest absolute Gasteiger partial charge is 0.586 e. The first-order valence-corrected chi connectivity index (χ1v) is 9.95. The number of fused-ring (bicyclic) bond motifs is 1. The van der Waals surface area contributed by atoms with E-state index in [1.807, 2.05) is 0 Å². The molecule has 1 aromatic carbocycles. The van der Waals surface area contributed by atoms with E-state index < -0.39 is 52.7 Å². The van der Waals surface area contributed by atoms with Crippen molar-refractivity contribution in [2.45, 2.75) is 19.4 Å². The number of aromatic nitrogens is 3. The average Bonchev–Trinajstić information content (AvgIpc) is 3.34. The Labute approximate surface area is 197 Å². The number of rotatable bonds is 4. The fraction of sp³-hybridized carbons (Fsp3) is 0.200. The third-order valence-electron chi connectivity index (χ3n) is 4.76. The number of amides is 2. The molecule has 0 saturated heterocycles. The van der Waals surface area contributed by atoms with Gasteiger partial charge in [-0.1, -0.05) is 11.6 Å². The number of halogens is 6. The molecule has 3 aromatic rings. The molecule has 0 bridgehead atoms. The Morgan fingerprint density at radius 1 is 1.17 bits per heavy atom. The van der Waals surface area contributed by atoms with Gasteiger partial charge in [0.1, 0.15) is 11.3 Å². The molecule has 35 heavy (non-hydrogen) atoms. The molecule has 3 heterocycles. The van der Waals surface area contributed by atoms with Gasteiger partial charge >= 0.3 is 12.5 Å². The normalized spacial score (nSPS) is 14.1. The standard InChI is InChI=1S/C20H13ClF5N5O4/c1-8-6-11-15(35-20(25,26)34-11)13(18(33)27-2)14(8)29-17(32)10-7-12(19(22,23)24)30-31(10)16-9(21)4-3-5-28-16/h3-7H,1-2H3,(H,27,33)(H,29,32). The molecule has 1 aliphatic rings. The minimum atomic E-state index is -4.92. The number of ether oxygens (including phenoxy) is 2. The predicted octanol–water partition coefficient (Wildman–Crippen LogP) is 4.18. The van der Waals surface area contributed by atoms with Gasteiger partial charge in [-0.3, -0.25) is 9.59 Å². The van der Waals surface area contributed by atoms with Crippen LogP contribution in [0.2, 0.25) is 5.02 Å². The van der Waals surface area contributed by atoms with E-state index in [9.17, 15) is 31.5 Å². The number of benzene rings is 1. The van der Waals surface area contributed by atoms with E-state index in [1.165, 1.54) is 32.3 Å². The van der Waals surface area contributed by atoms with Crippen LogP contribution in [0.4, 0.5) is 27.6 Å². The third kappa shape index (κ3) is 4.43. The minimum Gasteiger partial charge on any atom is -0.395 e. The van der Waals surface area contributed by atoms with Crippen molar-refractivity contribution in [1.29, 1.82) is 0 Å². The summed E-state index contributed by atoms with van der Waals surface area (Å²) in [6, 6.07) is 4.27. The highest BCUT2D eigenvalue weighted by atomic mass is 35.5. The zero-order valence-corrected chi connectivity index (χ0v) is 18.4. The SMILES string of the molecule is CNC(=O)c1c(NC(=O)c2cc(C(F)(F)F)nn2-c2ncccc2Cl)c(C)cc2c1OC(F)(F)O2. The molecule has 0 spiro atoms. The van der Waals surface area contributed by atoms with E-state index in [4.69, 9.17) is 11.6 Å². The Bertz CT molecular complexity index is 1360. The van der Waals surface area contributed by atoms with Crippen LogP contribution in [0, 0.1) is 6.92 Å². The zero-order chi connectivity index (χ0) is 25.7. The maximum atomic E-state index is 13.7. The first kappa shape index (κ1) is 24.2. The molecule has 1 aliphatic heterocycles. The number of hydrogen-bond acceptors (Lipinski definition) is 6. The number of nitrogens with one attached hydrogen (secondary N) is 2. The highest BCUT2D eigenvalue weighted by Gasteiger charge is 2.46. The zero-order valence-electron chi connectivity index (χ0n) is 17.6. The van der Waals surface area contributed by atoms with Gasteiger partial charge in [-0.05, 0) is 30.7 Å².